The van der Waals surface area contributed by atoms with E-state index in [1.54, 1.807) is 12.1 Å². The van der Waals surface area contributed by atoms with E-state index in [4.69, 9.17) is 10.00 Å². The van der Waals surface area contributed by atoms with Gasteiger partial charge in [-0.25, -0.2) is 0 Å². The molecule has 1 aliphatic carbocycles. The van der Waals surface area contributed by atoms with Gasteiger partial charge in [0.2, 0.25) is 0 Å². The summed E-state index contributed by atoms with van der Waals surface area (Å²) in [6, 6.07) is 9.50. The summed E-state index contributed by atoms with van der Waals surface area (Å²) in [4.78, 5) is 0. The lowest BCUT2D eigenvalue weighted by atomic mass is 9.73. The third-order valence-electron chi connectivity index (χ3n) is 4.03. The molecule has 0 saturated carbocycles. The average molecular weight is 255 g/mol. The number of nitrogens with zero attached hydrogens (tertiary/aromatic N) is 1. The molecule has 2 nitrogen and oxygen atoms in total. The van der Waals surface area contributed by atoms with Crippen LogP contribution in [0.3, 0.4) is 0 Å². The van der Waals surface area contributed by atoms with Gasteiger partial charge in [0.15, 0.2) is 0 Å². The van der Waals surface area contributed by atoms with E-state index in [2.05, 4.69) is 26.8 Å². The van der Waals surface area contributed by atoms with Crippen LogP contribution in [-0.4, -0.2) is 6.61 Å². The van der Waals surface area contributed by atoms with Gasteiger partial charge in [0.1, 0.15) is 12.4 Å². The van der Waals surface area contributed by atoms with Crippen LogP contribution in [-0.2, 0) is 0 Å². The zero-order valence-electron chi connectivity index (χ0n) is 12.0. The molecule has 0 aliphatic heterocycles. The number of ether oxygens (including phenoxy) is 1. The maximum Gasteiger partial charge on any atom is 0.121 e. The molecule has 1 aromatic carbocycles. The molecule has 0 heterocycles. The van der Waals surface area contributed by atoms with Gasteiger partial charge in [-0.1, -0.05) is 25.5 Å². The zero-order valence-corrected chi connectivity index (χ0v) is 12.0. The van der Waals surface area contributed by atoms with Crippen molar-refractivity contribution >= 4 is 0 Å². The molecule has 1 aromatic rings. The molecule has 0 radical (unpaired) electrons. The second-order valence-electron chi connectivity index (χ2n) is 5.92. The van der Waals surface area contributed by atoms with Crippen molar-refractivity contribution in [3.8, 4) is 11.8 Å². The average Bonchev–Trinajstić information content (AvgIpc) is 2.37. The summed E-state index contributed by atoms with van der Waals surface area (Å²) in [7, 11) is 0. The van der Waals surface area contributed by atoms with Crippen LogP contribution in [0.4, 0.5) is 0 Å². The van der Waals surface area contributed by atoms with E-state index in [0.29, 0.717) is 12.2 Å². The fourth-order valence-electron chi connectivity index (χ4n) is 2.80. The third kappa shape index (κ3) is 3.17. The Hall–Kier alpha value is -1.75. The first-order chi connectivity index (χ1) is 9.03. The molecule has 0 fully saturated rings. The number of hydrogen-bond donors (Lipinski definition) is 0. The molecule has 0 amide bonds. The first-order valence-electron chi connectivity index (χ1n) is 6.85. The Morgan fingerprint density at radius 3 is 2.84 bits per heavy atom. The minimum absolute atomic E-state index is 0.231. The van der Waals surface area contributed by atoms with Crippen molar-refractivity contribution in [2.75, 3.05) is 6.61 Å². The highest BCUT2D eigenvalue weighted by Gasteiger charge is 2.28. The lowest BCUT2D eigenvalue weighted by molar-refractivity contribution is 0.277. The molecule has 100 valence electrons. The normalized spacial score (nSPS) is 18.0. The smallest absolute Gasteiger partial charge is 0.121 e. The van der Waals surface area contributed by atoms with E-state index in [0.717, 1.165) is 5.75 Å². The minimum Gasteiger partial charge on any atom is -0.489 e. The Bertz CT molecular complexity index is 534. The lowest BCUT2D eigenvalue weighted by Gasteiger charge is -2.34. The number of benzene rings is 1. The van der Waals surface area contributed by atoms with Crippen molar-refractivity contribution in [2.24, 2.45) is 5.41 Å². The Morgan fingerprint density at radius 1 is 1.37 bits per heavy atom. The summed E-state index contributed by atoms with van der Waals surface area (Å²) in [6.45, 7) is 7.43. The van der Waals surface area contributed by atoms with E-state index >= 15 is 0 Å². The summed E-state index contributed by atoms with van der Waals surface area (Å²) in [5.41, 5.74) is 3.76. The van der Waals surface area contributed by atoms with Gasteiger partial charge in [0.25, 0.3) is 0 Å². The van der Waals surface area contributed by atoms with Crippen molar-refractivity contribution in [3.63, 3.8) is 0 Å². The highest BCUT2D eigenvalue weighted by atomic mass is 16.5. The van der Waals surface area contributed by atoms with E-state index in [9.17, 15) is 0 Å². The van der Waals surface area contributed by atoms with E-state index in [1.165, 1.54) is 30.4 Å². The van der Waals surface area contributed by atoms with Crippen molar-refractivity contribution in [3.05, 3.63) is 41.0 Å². The lowest BCUT2D eigenvalue weighted by Crippen LogP contribution is -2.24. The second kappa shape index (κ2) is 5.48. The first kappa shape index (κ1) is 13.7. The van der Waals surface area contributed by atoms with Gasteiger partial charge < -0.3 is 4.74 Å². The number of nitriles is 1. The topological polar surface area (TPSA) is 33.0 Å². The Kier molecular flexibility index (Phi) is 3.95. The minimum atomic E-state index is 0.231. The molecule has 1 aliphatic rings. The molecule has 0 spiro atoms. The van der Waals surface area contributed by atoms with Crippen LogP contribution < -0.4 is 4.74 Å². The number of hydrogen-bond acceptors (Lipinski definition) is 2. The molecule has 19 heavy (non-hydrogen) atoms. The van der Waals surface area contributed by atoms with Gasteiger partial charge in [-0.05, 0) is 55.4 Å². The standard InChI is InChI=1S/C17H21NO/c1-13-6-5-9-17(2,3)16(13)12-19-15-8-4-7-14(10-15)11-18/h4,7-8,10H,5-6,9,12H2,1-3H3. The fourth-order valence-corrected chi connectivity index (χ4v) is 2.80. The van der Waals surface area contributed by atoms with Crippen LogP contribution in [0.2, 0.25) is 0 Å². The third-order valence-corrected chi connectivity index (χ3v) is 4.03. The van der Waals surface area contributed by atoms with Crippen molar-refractivity contribution in [2.45, 2.75) is 40.0 Å². The first-order valence-corrected chi connectivity index (χ1v) is 6.85. The maximum absolute atomic E-state index is 8.89. The van der Waals surface area contributed by atoms with Crippen LogP contribution in [0.5, 0.6) is 5.75 Å². The van der Waals surface area contributed by atoms with E-state index in [1.807, 2.05) is 12.1 Å². The van der Waals surface area contributed by atoms with Gasteiger partial charge in [-0.3, -0.25) is 0 Å². The van der Waals surface area contributed by atoms with Crippen LogP contribution >= 0.6 is 0 Å². The van der Waals surface area contributed by atoms with Gasteiger partial charge in [-0.2, -0.15) is 5.26 Å². The van der Waals surface area contributed by atoms with Crippen LogP contribution in [0.25, 0.3) is 0 Å². The Morgan fingerprint density at radius 2 is 2.16 bits per heavy atom. The van der Waals surface area contributed by atoms with Gasteiger partial charge >= 0.3 is 0 Å². The molecular formula is C17H21NO. The SMILES string of the molecule is CC1=C(COc2cccc(C#N)c2)C(C)(C)CCC1. The summed E-state index contributed by atoms with van der Waals surface area (Å²) in [6.07, 6.45) is 3.67. The summed E-state index contributed by atoms with van der Waals surface area (Å²) >= 11 is 0. The summed E-state index contributed by atoms with van der Waals surface area (Å²) in [5, 5.41) is 8.89. The highest BCUT2D eigenvalue weighted by Crippen LogP contribution is 2.40. The highest BCUT2D eigenvalue weighted by molar-refractivity contribution is 5.36. The molecule has 0 aromatic heterocycles. The van der Waals surface area contributed by atoms with Crippen molar-refractivity contribution in [1.82, 2.24) is 0 Å². The maximum atomic E-state index is 8.89. The van der Waals surface area contributed by atoms with Gasteiger partial charge in [-0.15, -0.1) is 0 Å². The fraction of sp³-hybridized carbons (Fsp3) is 0.471. The second-order valence-corrected chi connectivity index (χ2v) is 5.92. The summed E-state index contributed by atoms with van der Waals surface area (Å²) in [5.74, 6) is 0.778. The number of allylic oxidation sites excluding steroid dienone is 1. The van der Waals surface area contributed by atoms with Crippen LogP contribution in [0.1, 0.15) is 45.6 Å². The van der Waals surface area contributed by atoms with Crippen LogP contribution in [0.15, 0.2) is 35.4 Å². The largest absolute Gasteiger partial charge is 0.489 e. The number of rotatable bonds is 3. The van der Waals surface area contributed by atoms with Gasteiger partial charge in [0, 0.05) is 0 Å². The van der Waals surface area contributed by atoms with Crippen molar-refractivity contribution < 1.29 is 4.74 Å². The molecule has 2 heteroatoms. The Balaban J connectivity index is 2.11. The van der Waals surface area contributed by atoms with Crippen LogP contribution in [0, 0.1) is 16.7 Å². The monoisotopic (exact) mass is 255 g/mol. The molecule has 0 N–H and O–H groups in total. The van der Waals surface area contributed by atoms with E-state index < -0.39 is 0 Å². The molecule has 0 saturated heterocycles. The Labute approximate surface area is 115 Å². The molecule has 2 rings (SSSR count). The predicted octanol–water partition coefficient (Wildman–Crippen LogP) is 4.46. The molecule has 0 bridgehead atoms. The van der Waals surface area contributed by atoms with Crippen molar-refractivity contribution in [1.29, 1.82) is 5.26 Å². The zero-order chi connectivity index (χ0) is 13.9. The molecule has 0 unspecified atom stereocenters. The quantitative estimate of drug-likeness (QED) is 0.747. The predicted molar refractivity (Wildman–Crippen MR) is 77.0 cm³/mol. The summed E-state index contributed by atoms with van der Waals surface area (Å²) < 4.78 is 5.89. The molecular weight excluding hydrogens is 234 g/mol. The van der Waals surface area contributed by atoms with Gasteiger partial charge in [0.05, 0.1) is 11.6 Å². The molecule has 0 atom stereocenters. The van der Waals surface area contributed by atoms with E-state index in [-0.39, 0.29) is 5.41 Å².